The maximum atomic E-state index is 11.5. The van der Waals surface area contributed by atoms with E-state index in [-0.39, 0.29) is 18.7 Å². The van der Waals surface area contributed by atoms with Crippen molar-refractivity contribution < 1.29 is 14.7 Å². The highest BCUT2D eigenvalue weighted by molar-refractivity contribution is 5.78. The quantitative estimate of drug-likeness (QED) is 0.679. The fourth-order valence-corrected chi connectivity index (χ4v) is 2.73. The molecule has 0 atom stereocenters. The van der Waals surface area contributed by atoms with Crippen molar-refractivity contribution >= 4 is 23.3 Å². The van der Waals surface area contributed by atoms with Crippen LogP contribution in [0.2, 0.25) is 0 Å². The van der Waals surface area contributed by atoms with Crippen LogP contribution in [0.1, 0.15) is 31.5 Å². The highest BCUT2D eigenvalue weighted by Crippen LogP contribution is 2.11. The van der Waals surface area contributed by atoms with Gasteiger partial charge in [-0.25, -0.2) is 0 Å². The Morgan fingerprint density at radius 3 is 2.96 bits per heavy atom. The lowest BCUT2D eigenvalue weighted by Crippen LogP contribution is -2.27. The summed E-state index contributed by atoms with van der Waals surface area (Å²) >= 11 is 0. The van der Waals surface area contributed by atoms with Crippen LogP contribution in [0, 0.1) is 0 Å². The van der Waals surface area contributed by atoms with Crippen molar-refractivity contribution in [2.75, 3.05) is 25.0 Å². The molecule has 0 spiro atoms. The molecule has 0 radical (unpaired) electrons. The first-order valence-electron chi connectivity index (χ1n) is 8.08. The van der Waals surface area contributed by atoms with Crippen molar-refractivity contribution in [2.24, 2.45) is 0 Å². The Balaban J connectivity index is 1.55. The van der Waals surface area contributed by atoms with E-state index in [2.05, 4.69) is 20.6 Å². The van der Waals surface area contributed by atoms with Gasteiger partial charge in [0, 0.05) is 32.5 Å². The minimum absolute atomic E-state index is 0.00993. The topological polar surface area (TPSA) is 113 Å². The van der Waals surface area contributed by atoms with Gasteiger partial charge < -0.3 is 15.3 Å². The molecule has 0 bridgehead atoms. The molecule has 3 rings (SSSR count). The molecule has 0 unspecified atom stereocenters. The predicted octanol–water partition coefficient (Wildman–Crippen LogP) is 0.566. The van der Waals surface area contributed by atoms with Gasteiger partial charge in [0.15, 0.2) is 11.5 Å². The molecule has 9 nitrogen and oxygen atoms in total. The molecule has 9 heteroatoms. The van der Waals surface area contributed by atoms with E-state index >= 15 is 0 Å². The lowest BCUT2D eigenvalue weighted by Gasteiger charge is -2.15. The summed E-state index contributed by atoms with van der Waals surface area (Å²) in [5, 5.41) is 24.4. The molecule has 24 heavy (non-hydrogen) atoms. The first-order chi connectivity index (χ1) is 11.6. The van der Waals surface area contributed by atoms with Crippen molar-refractivity contribution in [1.29, 1.82) is 0 Å². The lowest BCUT2D eigenvalue weighted by molar-refractivity contribution is -0.137. The zero-order chi connectivity index (χ0) is 16.9. The van der Waals surface area contributed by atoms with Gasteiger partial charge in [-0.05, 0) is 25.0 Å². The Morgan fingerprint density at radius 1 is 1.33 bits per heavy atom. The summed E-state index contributed by atoms with van der Waals surface area (Å²) in [7, 11) is 0. The van der Waals surface area contributed by atoms with Gasteiger partial charge in [0.05, 0.1) is 6.42 Å². The van der Waals surface area contributed by atoms with E-state index in [1.54, 1.807) is 10.6 Å². The summed E-state index contributed by atoms with van der Waals surface area (Å²) in [6.45, 7) is 2.32. The molecule has 1 aliphatic heterocycles. The van der Waals surface area contributed by atoms with Crippen molar-refractivity contribution in [3.05, 3.63) is 18.0 Å². The number of carboxylic acids is 1. The van der Waals surface area contributed by atoms with Gasteiger partial charge in [-0.2, -0.15) is 4.52 Å². The van der Waals surface area contributed by atoms with Gasteiger partial charge in [-0.15, -0.1) is 15.3 Å². The number of hydrogen-bond donors (Lipinski definition) is 2. The Labute approximate surface area is 138 Å². The fourth-order valence-electron chi connectivity index (χ4n) is 2.73. The van der Waals surface area contributed by atoms with Crippen molar-refractivity contribution in [2.45, 2.75) is 32.1 Å². The summed E-state index contributed by atoms with van der Waals surface area (Å²) < 4.78 is 1.56. The lowest BCUT2D eigenvalue weighted by atomic mass is 10.3. The van der Waals surface area contributed by atoms with Crippen LogP contribution in [0.5, 0.6) is 0 Å². The largest absolute Gasteiger partial charge is 0.481 e. The van der Waals surface area contributed by atoms with Gasteiger partial charge in [0.1, 0.15) is 5.82 Å². The first kappa shape index (κ1) is 16.2. The van der Waals surface area contributed by atoms with Crippen LogP contribution in [-0.2, 0) is 16.0 Å². The number of likely N-dealkylation sites (tertiary alicyclic amines) is 1. The minimum Gasteiger partial charge on any atom is -0.481 e. The zero-order valence-corrected chi connectivity index (χ0v) is 13.3. The van der Waals surface area contributed by atoms with Gasteiger partial charge in [0.25, 0.3) is 0 Å². The number of fused-ring (bicyclic) bond motifs is 1. The molecule has 3 heterocycles. The second kappa shape index (κ2) is 7.24. The summed E-state index contributed by atoms with van der Waals surface area (Å²) in [4.78, 5) is 24.1. The number of amides is 1. The second-order valence-corrected chi connectivity index (χ2v) is 5.76. The normalized spacial score (nSPS) is 14.5. The number of aryl methyl sites for hydroxylation is 1. The van der Waals surface area contributed by atoms with Crippen molar-refractivity contribution in [1.82, 2.24) is 24.7 Å². The van der Waals surface area contributed by atoms with E-state index in [1.165, 1.54) is 0 Å². The number of nitrogens with zero attached hydrogens (tertiary/aromatic N) is 5. The number of hydrogen-bond acceptors (Lipinski definition) is 6. The SMILES string of the molecule is O=C(O)CCc1nnc2ccc(NCCCN3CCCC3=O)nn12. The number of carboxylic acid groups (broad SMARTS) is 1. The molecule has 1 amide bonds. The predicted molar refractivity (Wildman–Crippen MR) is 85.7 cm³/mol. The number of nitrogens with one attached hydrogen (secondary N) is 1. The van der Waals surface area contributed by atoms with E-state index in [0.29, 0.717) is 30.3 Å². The van der Waals surface area contributed by atoms with Crippen LogP contribution in [0.15, 0.2) is 12.1 Å². The average molecular weight is 332 g/mol. The van der Waals surface area contributed by atoms with Crippen LogP contribution in [0.4, 0.5) is 5.82 Å². The number of aromatic nitrogens is 4. The van der Waals surface area contributed by atoms with E-state index in [9.17, 15) is 9.59 Å². The molecule has 1 saturated heterocycles. The van der Waals surface area contributed by atoms with Crippen LogP contribution in [0.25, 0.3) is 5.65 Å². The summed E-state index contributed by atoms with van der Waals surface area (Å²) in [5.41, 5.74) is 0.587. The number of aliphatic carboxylic acids is 1. The summed E-state index contributed by atoms with van der Waals surface area (Å²) in [6.07, 6.45) is 2.74. The van der Waals surface area contributed by atoms with Crippen LogP contribution in [-0.4, -0.2) is 61.3 Å². The second-order valence-electron chi connectivity index (χ2n) is 5.76. The minimum atomic E-state index is -0.877. The maximum Gasteiger partial charge on any atom is 0.303 e. The van der Waals surface area contributed by atoms with Gasteiger partial charge in [-0.1, -0.05) is 0 Å². The average Bonchev–Trinajstić information content (AvgIpc) is 3.15. The molecule has 0 aromatic carbocycles. The Kier molecular flexibility index (Phi) is 4.88. The Morgan fingerprint density at radius 2 is 2.21 bits per heavy atom. The number of rotatable bonds is 8. The van der Waals surface area contributed by atoms with Crippen LogP contribution >= 0.6 is 0 Å². The third-order valence-electron chi connectivity index (χ3n) is 3.97. The highest BCUT2D eigenvalue weighted by atomic mass is 16.4. The molecule has 1 fully saturated rings. The van der Waals surface area contributed by atoms with Gasteiger partial charge in [0.2, 0.25) is 5.91 Å². The Hall–Kier alpha value is -2.71. The van der Waals surface area contributed by atoms with E-state index in [1.807, 2.05) is 11.0 Å². The van der Waals surface area contributed by atoms with Crippen molar-refractivity contribution in [3.63, 3.8) is 0 Å². The van der Waals surface area contributed by atoms with Gasteiger partial charge in [-0.3, -0.25) is 9.59 Å². The molecule has 1 aliphatic rings. The number of anilines is 1. The molecule has 0 aliphatic carbocycles. The number of carbonyl (C=O) groups is 2. The molecule has 128 valence electrons. The molecular formula is C15H20N6O3. The van der Waals surface area contributed by atoms with E-state index in [4.69, 9.17) is 5.11 Å². The standard InChI is InChI=1S/C15H20N6O3/c22-14-3-1-9-20(14)10-2-8-16-11-4-5-12-17-18-13(21(12)19-11)6-7-15(23)24/h4-5H,1-3,6-10H2,(H,16,19)(H,23,24). The monoisotopic (exact) mass is 332 g/mol. The summed E-state index contributed by atoms with van der Waals surface area (Å²) in [5.74, 6) is 0.560. The van der Waals surface area contributed by atoms with Gasteiger partial charge >= 0.3 is 5.97 Å². The van der Waals surface area contributed by atoms with E-state index < -0.39 is 5.97 Å². The summed E-state index contributed by atoms with van der Waals surface area (Å²) in [6, 6.07) is 3.60. The fraction of sp³-hybridized carbons (Fsp3) is 0.533. The van der Waals surface area contributed by atoms with Crippen molar-refractivity contribution in [3.8, 4) is 0 Å². The smallest absolute Gasteiger partial charge is 0.303 e. The molecule has 2 N–H and O–H groups in total. The molecular weight excluding hydrogens is 312 g/mol. The third-order valence-corrected chi connectivity index (χ3v) is 3.97. The zero-order valence-electron chi connectivity index (χ0n) is 13.3. The van der Waals surface area contributed by atoms with Crippen LogP contribution < -0.4 is 5.32 Å². The molecule has 0 saturated carbocycles. The highest BCUT2D eigenvalue weighted by Gasteiger charge is 2.18. The molecule has 2 aromatic rings. The van der Waals surface area contributed by atoms with E-state index in [0.717, 1.165) is 25.9 Å². The first-order valence-corrected chi connectivity index (χ1v) is 8.08. The maximum absolute atomic E-state index is 11.5. The number of carbonyl (C=O) groups excluding carboxylic acids is 1. The molecule has 2 aromatic heterocycles. The van der Waals surface area contributed by atoms with Crippen LogP contribution in [0.3, 0.4) is 0 Å². The Bertz CT molecular complexity index is 744. The third kappa shape index (κ3) is 3.79.